The molecule has 0 radical (unpaired) electrons. The summed E-state index contributed by atoms with van der Waals surface area (Å²) in [5, 5.41) is 2.18. The molecule has 1 unspecified atom stereocenters. The number of hydrogen-bond donors (Lipinski definition) is 1. The fraction of sp³-hybridized carbons (Fsp3) is 0.250. The molecular weight excluding hydrogens is 300 g/mol. The zero-order valence-corrected chi connectivity index (χ0v) is 11.2. The summed E-state index contributed by atoms with van der Waals surface area (Å²) in [4.78, 5) is 36.8. The number of barbiturate groups is 1. The van der Waals surface area contributed by atoms with Gasteiger partial charge in [-0.25, -0.2) is 9.69 Å². The number of carbonyl (C=O) groups is 3. The molecule has 0 aromatic heterocycles. The van der Waals surface area contributed by atoms with E-state index in [9.17, 15) is 14.4 Å². The van der Waals surface area contributed by atoms with E-state index < -0.39 is 22.2 Å². The van der Waals surface area contributed by atoms with E-state index in [2.05, 4.69) is 21.2 Å². The van der Waals surface area contributed by atoms with Crippen LogP contribution in [0.2, 0.25) is 0 Å². The zero-order valence-electron chi connectivity index (χ0n) is 9.64. The zero-order chi connectivity index (χ0) is 13.3. The van der Waals surface area contributed by atoms with Gasteiger partial charge >= 0.3 is 6.03 Å². The number of alkyl halides is 1. The van der Waals surface area contributed by atoms with Gasteiger partial charge in [-0.3, -0.25) is 14.9 Å². The Morgan fingerprint density at radius 2 is 1.83 bits per heavy atom. The number of nitrogens with zero attached hydrogens (tertiary/aromatic N) is 1. The molecule has 1 saturated heterocycles. The smallest absolute Gasteiger partial charge is 0.276 e. The Bertz CT molecular complexity index is 517. The van der Waals surface area contributed by atoms with Gasteiger partial charge in [0.25, 0.3) is 11.8 Å². The molecule has 94 valence electrons. The minimum Gasteiger partial charge on any atom is -0.276 e. The molecule has 4 amide bonds. The molecule has 6 heteroatoms. The van der Waals surface area contributed by atoms with Crippen LogP contribution in [0.15, 0.2) is 30.3 Å². The molecule has 5 nitrogen and oxygen atoms in total. The molecule has 1 N–H and O–H groups in total. The van der Waals surface area contributed by atoms with Gasteiger partial charge < -0.3 is 0 Å². The minimum atomic E-state index is -1.38. The van der Waals surface area contributed by atoms with Crippen LogP contribution in [0.3, 0.4) is 0 Å². The molecular formula is C12H11BrN2O3. The third kappa shape index (κ3) is 1.82. The summed E-state index contributed by atoms with van der Waals surface area (Å²) in [6.45, 7) is 1.70. The van der Waals surface area contributed by atoms with E-state index >= 15 is 0 Å². The number of carbonyl (C=O) groups excluding carboxylic acids is 3. The van der Waals surface area contributed by atoms with Gasteiger partial charge in [0.15, 0.2) is 4.32 Å². The van der Waals surface area contributed by atoms with Gasteiger partial charge in [-0.2, -0.15) is 0 Å². The number of hydrogen-bond acceptors (Lipinski definition) is 3. The summed E-state index contributed by atoms with van der Waals surface area (Å²) in [5.74, 6) is -1.18. The SMILES string of the molecule is CCC1(Br)C(=O)NC(=O)N(c2ccccc2)C1=O. The molecule has 2 rings (SSSR count). The van der Waals surface area contributed by atoms with Crippen LogP contribution in [0.5, 0.6) is 0 Å². The Labute approximate surface area is 112 Å². The average molecular weight is 311 g/mol. The van der Waals surface area contributed by atoms with Crippen molar-refractivity contribution in [3.05, 3.63) is 30.3 Å². The number of urea groups is 1. The van der Waals surface area contributed by atoms with E-state index in [0.29, 0.717) is 5.69 Å². The Morgan fingerprint density at radius 3 is 2.39 bits per heavy atom. The average Bonchev–Trinajstić information content (AvgIpc) is 2.37. The largest absolute Gasteiger partial charge is 0.335 e. The van der Waals surface area contributed by atoms with Crippen LogP contribution >= 0.6 is 15.9 Å². The number of amides is 4. The Morgan fingerprint density at radius 1 is 1.22 bits per heavy atom. The second-order valence-corrected chi connectivity index (χ2v) is 5.24. The Kier molecular flexibility index (Phi) is 3.21. The maximum absolute atomic E-state index is 12.3. The number of para-hydroxylation sites is 1. The van der Waals surface area contributed by atoms with Gasteiger partial charge in [-0.05, 0) is 18.6 Å². The van der Waals surface area contributed by atoms with Crippen molar-refractivity contribution in [2.24, 2.45) is 0 Å². The molecule has 1 heterocycles. The lowest BCUT2D eigenvalue weighted by Gasteiger charge is -2.34. The molecule has 18 heavy (non-hydrogen) atoms. The molecule has 1 aliphatic heterocycles. The lowest BCUT2D eigenvalue weighted by atomic mass is 10.0. The maximum atomic E-state index is 12.3. The van der Waals surface area contributed by atoms with Crippen LogP contribution in [-0.2, 0) is 9.59 Å². The first-order valence-corrected chi connectivity index (χ1v) is 6.24. The fourth-order valence-corrected chi connectivity index (χ4v) is 2.02. The predicted octanol–water partition coefficient (Wildman–Crippen LogP) is 1.81. The summed E-state index contributed by atoms with van der Waals surface area (Å²) >= 11 is 3.14. The molecule has 1 aromatic rings. The second-order valence-electron chi connectivity index (χ2n) is 3.89. The topological polar surface area (TPSA) is 66.5 Å². The van der Waals surface area contributed by atoms with Crippen molar-refractivity contribution in [2.75, 3.05) is 4.90 Å². The molecule has 0 aliphatic carbocycles. The van der Waals surface area contributed by atoms with Crippen molar-refractivity contribution >= 4 is 39.5 Å². The highest BCUT2D eigenvalue weighted by molar-refractivity contribution is 9.10. The van der Waals surface area contributed by atoms with Crippen molar-refractivity contribution in [2.45, 2.75) is 17.7 Å². The Balaban J connectivity index is 2.45. The second kappa shape index (κ2) is 4.53. The van der Waals surface area contributed by atoms with Crippen molar-refractivity contribution < 1.29 is 14.4 Å². The highest BCUT2D eigenvalue weighted by Crippen LogP contribution is 2.31. The standard InChI is InChI=1S/C12H11BrN2O3/c1-2-12(13)9(16)14-11(18)15(10(12)17)8-6-4-3-5-7-8/h3-7H,2H2,1H3,(H,14,16,18). The molecule has 1 aliphatic rings. The summed E-state index contributed by atoms with van der Waals surface area (Å²) < 4.78 is -1.38. The van der Waals surface area contributed by atoms with Crippen molar-refractivity contribution in [3.63, 3.8) is 0 Å². The van der Waals surface area contributed by atoms with Gasteiger partial charge in [-0.15, -0.1) is 0 Å². The van der Waals surface area contributed by atoms with E-state index in [1.54, 1.807) is 37.3 Å². The molecule has 0 saturated carbocycles. The Hall–Kier alpha value is -1.69. The van der Waals surface area contributed by atoms with E-state index in [1.807, 2.05) is 0 Å². The quantitative estimate of drug-likeness (QED) is 0.669. The minimum absolute atomic E-state index is 0.258. The van der Waals surface area contributed by atoms with E-state index in [0.717, 1.165) is 4.90 Å². The van der Waals surface area contributed by atoms with E-state index in [-0.39, 0.29) is 6.42 Å². The predicted molar refractivity (Wildman–Crippen MR) is 69.4 cm³/mol. The molecule has 1 fully saturated rings. The van der Waals surface area contributed by atoms with Crippen LogP contribution in [0, 0.1) is 0 Å². The van der Waals surface area contributed by atoms with Crippen LogP contribution in [0.25, 0.3) is 0 Å². The molecule has 1 aromatic carbocycles. The highest BCUT2D eigenvalue weighted by atomic mass is 79.9. The van der Waals surface area contributed by atoms with Crippen LogP contribution in [0.1, 0.15) is 13.3 Å². The number of rotatable bonds is 2. The van der Waals surface area contributed by atoms with Crippen LogP contribution in [0.4, 0.5) is 10.5 Å². The number of anilines is 1. The molecule has 0 bridgehead atoms. The number of benzene rings is 1. The van der Waals surface area contributed by atoms with Crippen molar-refractivity contribution in [1.29, 1.82) is 0 Å². The van der Waals surface area contributed by atoms with Gasteiger partial charge in [0.05, 0.1) is 5.69 Å². The first-order valence-electron chi connectivity index (χ1n) is 5.44. The monoisotopic (exact) mass is 310 g/mol. The molecule has 1 atom stereocenters. The lowest BCUT2D eigenvalue weighted by molar-refractivity contribution is -0.131. The fourth-order valence-electron chi connectivity index (χ4n) is 1.74. The summed E-state index contributed by atoms with van der Waals surface area (Å²) in [5.41, 5.74) is 0.435. The van der Waals surface area contributed by atoms with E-state index in [1.165, 1.54) is 0 Å². The maximum Gasteiger partial charge on any atom is 0.335 e. The van der Waals surface area contributed by atoms with Gasteiger partial charge in [0.1, 0.15) is 0 Å². The summed E-state index contributed by atoms with van der Waals surface area (Å²) in [6.07, 6.45) is 0.258. The normalized spacial score (nSPS) is 24.1. The van der Waals surface area contributed by atoms with Crippen molar-refractivity contribution in [1.82, 2.24) is 5.32 Å². The first-order chi connectivity index (χ1) is 8.50. The van der Waals surface area contributed by atoms with Crippen LogP contribution in [-0.4, -0.2) is 22.2 Å². The van der Waals surface area contributed by atoms with Crippen LogP contribution < -0.4 is 10.2 Å². The molecule has 0 spiro atoms. The van der Waals surface area contributed by atoms with Gasteiger partial charge in [-0.1, -0.05) is 41.1 Å². The highest BCUT2D eigenvalue weighted by Gasteiger charge is 2.51. The number of imide groups is 2. The third-order valence-corrected chi connectivity index (χ3v) is 4.09. The lowest BCUT2D eigenvalue weighted by Crippen LogP contribution is -2.65. The van der Waals surface area contributed by atoms with Crippen molar-refractivity contribution in [3.8, 4) is 0 Å². The number of halogens is 1. The first kappa shape index (κ1) is 12.8. The van der Waals surface area contributed by atoms with Gasteiger partial charge in [0.2, 0.25) is 0 Å². The van der Waals surface area contributed by atoms with Gasteiger partial charge in [0, 0.05) is 0 Å². The number of nitrogens with one attached hydrogen (secondary N) is 1. The summed E-state index contributed by atoms with van der Waals surface area (Å²) in [7, 11) is 0. The summed E-state index contributed by atoms with van der Waals surface area (Å²) in [6, 6.07) is 7.76. The van der Waals surface area contributed by atoms with E-state index in [4.69, 9.17) is 0 Å². The third-order valence-electron chi connectivity index (χ3n) is 2.83.